The minimum atomic E-state index is -4.63. The van der Waals surface area contributed by atoms with Crippen LogP contribution < -0.4 is 5.32 Å². The first-order valence-corrected chi connectivity index (χ1v) is 7.42. The van der Waals surface area contributed by atoms with Crippen molar-refractivity contribution in [3.05, 3.63) is 29.6 Å². The van der Waals surface area contributed by atoms with Crippen LogP contribution in [0.3, 0.4) is 0 Å². The zero-order valence-electron chi connectivity index (χ0n) is 9.98. The topological polar surface area (TPSA) is 66.4 Å². The van der Waals surface area contributed by atoms with E-state index in [0.29, 0.717) is 18.2 Å². The molecular weight excluding hydrogens is 302 g/mol. The van der Waals surface area contributed by atoms with Crippen LogP contribution in [0.15, 0.2) is 18.2 Å². The molecule has 1 aliphatic heterocycles. The summed E-state index contributed by atoms with van der Waals surface area (Å²) in [5.74, 6) is -1.90. The fraction of sp³-hybridized carbons (Fsp3) is 0.455. The molecule has 1 heterocycles. The lowest BCUT2D eigenvalue weighted by Gasteiger charge is -2.18. The largest absolute Gasteiger partial charge is 0.416 e. The van der Waals surface area contributed by atoms with E-state index in [1.54, 1.807) is 0 Å². The van der Waals surface area contributed by atoms with Crippen molar-refractivity contribution in [1.82, 2.24) is 0 Å². The molecule has 9 heteroatoms. The van der Waals surface area contributed by atoms with Gasteiger partial charge in [-0.15, -0.1) is 0 Å². The van der Waals surface area contributed by atoms with Gasteiger partial charge in [-0.2, -0.15) is 13.2 Å². The van der Waals surface area contributed by atoms with Crippen LogP contribution in [0.2, 0.25) is 0 Å². The third-order valence-corrected chi connectivity index (χ3v) is 4.67. The highest BCUT2D eigenvalue weighted by molar-refractivity contribution is 7.91. The molecule has 1 fully saturated rings. The monoisotopic (exact) mass is 313 g/mol. The summed E-state index contributed by atoms with van der Waals surface area (Å²) in [4.78, 5) is 0. The Kier molecular flexibility index (Phi) is 3.67. The van der Waals surface area contributed by atoms with Gasteiger partial charge in [0.2, 0.25) is 0 Å². The first-order chi connectivity index (χ1) is 9.08. The number of aliphatic hydroxyl groups is 1. The molecule has 2 N–H and O–H groups in total. The van der Waals surface area contributed by atoms with E-state index in [-0.39, 0.29) is 0 Å². The normalized spacial score (nSPS) is 25.6. The van der Waals surface area contributed by atoms with E-state index in [0.717, 1.165) is 0 Å². The summed E-state index contributed by atoms with van der Waals surface area (Å²) in [6.07, 6.45) is -5.92. The molecule has 2 rings (SSSR count). The van der Waals surface area contributed by atoms with Gasteiger partial charge in [0.1, 0.15) is 5.82 Å². The summed E-state index contributed by atoms with van der Waals surface area (Å²) in [5, 5.41) is 11.8. The van der Waals surface area contributed by atoms with Crippen LogP contribution in [-0.4, -0.2) is 37.2 Å². The number of benzene rings is 1. The zero-order chi connectivity index (χ0) is 15.1. The predicted molar refractivity (Wildman–Crippen MR) is 63.5 cm³/mol. The average Bonchev–Trinajstić information content (AvgIpc) is 2.53. The molecule has 1 saturated heterocycles. The molecular formula is C11H11F4NO3S. The van der Waals surface area contributed by atoms with Crippen molar-refractivity contribution in [2.45, 2.75) is 18.3 Å². The van der Waals surface area contributed by atoms with E-state index in [1.165, 1.54) is 0 Å². The Balaban J connectivity index is 2.26. The summed E-state index contributed by atoms with van der Waals surface area (Å²) in [5.41, 5.74) is -1.54. The lowest BCUT2D eigenvalue weighted by Crippen LogP contribution is -2.32. The molecule has 0 amide bonds. The average molecular weight is 313 g/mol. The second kappa shape index (κ2) is 4.88. The van der Waals surface area contributed by atoms with Crippen molar-refractivity contribution in [1.29, 1.82) is 0 Å². The minimum Gasteiger partial charge on any atom is -0.390 e. The number of anilines is 1. The predicted octanol–water partition coefficient (Wildman–Crippen LogP) is 1.41. The van der Waals surface area contributed by atoms with Gasteiger partial charge in [0, 0.05) is 0 Å². The van der Waals surface area contributed by atoms with Crippen LogP contribution >= 0.6 is 0 Å². The molecule has 1 aliphatic rings. The second-order valence-corrected chi connectivity index (χ2v) is 6.74. The fourth-order valence-corrected chi connectivity index (χ4v) is 3.72. The van der Waals surface area contributed by atoms with Crippen LogP contribution in [0.5, 0.6) is 0 Å². The fourth-order valence-electron chi connectivity index (χ4n) is 1.98. The Morgan fingerprint density at radius 2 is 1.90 bits per heavy atom. The molecule has 0 saturated carbocycles. The first kappa shape index (κ1) is 15.0. The summed E-state index contributed by atoms with van der Waals surface area (Å²) < 4.78 is 73.6. The number of halogens is 4. The van der Waals surface area contributed by atoms with Crippen LogP contribution in [-0.2, 0) is 16.0 Å². The smallest absolute Gasteiger partial charge is 0.390 e. The highest BCUT2D eigenvalue weighted by Crippen LogP contribution is 2.32. The van der Waals surface area contributed by atoms with E-state index < -0.39 is 56.7 Å². The lowest BCUT2D eigenvalue weighted by atomic mass is 10.1. The molecule has 112 valence electrons. The minimum absolute atomic E-state index is 0.455. The van der Waals surface area contributed by atoms with Gasteiger partial charge in [0.25, 0.3) is 0 Å². The summed E-state index contributed by atoms with van der Waals surface area (Å²) in [6.45, 7) is 0. The van der Waals surface area contributed by atoms with E-state index in [2.05, 4.69) is 5.32 Å². The zero-order valence-corrected chi connectivity index (χ0v) is 10.8. The van der Waals surface area contributed by atoms with Gasteiger partial charge in [-0.05, 0) is 18.2 Å². The summed E-state index contributed by atoms with van der Waals surface area (Å²) >= 11 is 0. The van der Waals surface area contributed by atoms with Gasteiger partial charge in [-0.1, -0.05) is 0 Å². The number of hydrogen-bond donors (Lipinski definition) is 2. The molecule has 1 aromatic rings. The second-order valence-electron chi connectivity index (χ2n) is 4.59. The van der Waals surface area contributed by atoms with E-state index in [9.17, 15) is 31.1 Å². The Hall–Kier alpha value is -1.35. The maximum absolute atomic E-state index is 13.5. The van der Waals surface area contributed by atoms with Crippen LogP contribution in [0.1, 0.15) is 5.56 Å². The van der Waals surface area contributed by atoms with Gasteiger partial charge < -0.3 is 10.4 Å². The number of rotatable bonds is 2. The van der Waals surface area contributed by atoms with Crippen LogP contribution in [0, 0.1) is 5.82 Å². The first-order valence-electron chi connectivity index (χ1n) is 5.60. The highest BCUT2D eigenvalue weighted by atomic mass is 32.2. The molecule has 20 heavy (non-hydrogen) atoms. The van der Waals surface area contributed by atoms with E-state index >= 15 is 0 Å². The van der Waals surface area contributed by atoms with E-state index in [1.807, 2.05) is 0 Å². The van der Waals surface area contributed by atoms with Gasteiger partial charge >= 0.3 is 6.18 Å². The number of hydrogen-bond acceptors (Lipinski definition) is 4. The van der Waals surface area contributed by atoms with Gasteiger partial charge in [-0.25, -0.2) is 12.8 Å². The SMILES string of the molecule is O=S1(=O)CC(O)C(Nc2cc(C(F)(F)F)ccc2F)C1. The summed E-state index contributed by atoms with van der Waals surface area (Å²) in [7, 11) is -3.47. The van der Waals surface area contributed by atoms with E-state index in [4.69, 9.17) is 0 Å². The number of alkyl halides is 3. The number of nitrogens with one attached hydrogen (secondary N) is 1. The van der Waals surface area contributed by atoms with Gasteiger partial charge in [-0.3, -0.25) is 0 Å². The molecule has 0 aliphatic carbocycles. The van der Waals surface area contributed by atoms with Crippen molar-refractivity contribution >= 4 is 15.5 Å². The Morgan fingerprint density at radius 3 is 2.40 bits per heavy atom. The number of aliphatic hydroxyl groups excluding tert-OH is 1. The maximum Gasteiger partial charge on any atom is 0.416 e. The molecule has 1 aromatic carbocycles. The third-order valence-electron chi connectivity index (χ3n) is 2.96. The summed E-state index contributed by atoms with van der Waals surface area (Å²) in [6, 6.07) is 0.744. The van der Waals surface area contributed by atoms with Gasteiger partial charge in [0.05, 0.1) is 34.9 Å². The Labute approximate surface area is 112 Å². The van der Waals surface area contributed by atoms with Crippen molar-refractivity contribution in [2.75, 3.05) is 16.8 Å². The molecule has 0 spiro atoms. The molecule has 2 atom stereocenters. The lowest BCUT2D eigenvalue weighted by molar-refractivity contribution is -0.137. The van der Waals surface area contributed by atoms with Crippen molar-refractivity contribution in [3.63, 3.8) is 0 Å². The van der Waals surface area contributed by atoms with Crippen LogP contribution in [0.4, 0.5) is 23.2 Å². The molecule has 4 nitrogen and oxygen atoms in total. The Bertz CT molecular complexity index is 615. The quantitative estimate of drug-likeness (QED) is 0.810. The van der Waals surface area contributed by atoms with Crippen molar-refractivity contribution < 1.29 is 31.1 Å². The maximum atomic E-state index is 13.5. The van der Waals surface area contributed by atoms with Crippen molar-refractivity contribution in [3.8, 4) is 0 Å². The standard InChI is InChI=1S/C11H11F4NO3S/c12-7-2-1-6(11(13,14)15)3-8(7)16-9-4-20(18,19)5-10(9)17/h1-3,9-10,16-17H,4-5H2. The van der Waals surface area contributed by atoms with Gasteiger partial charge in [0.15, 0.2) is 9.84 Å². The Morgan fingerprint density at radius 1 is 1.25 bits per heavy atom. The third kappa shape index (κ3) is 3.21. The molecule has 2 unspecified atom stereocenters. The highest BCUT2D eigenvalue weighted by Gasteiger charge is 2.37. The molecule has 0 aromatic heterocycles. The molecule has 0 bridgehead atoms. The van der Waals surface area contributed by atoms with Crippen LogP contribution in [0.25, 0.3) is 0 Å². The number of sulfone groups is 1. The molecule has 0 radical (unpaired) electrons. The van der Waals surface area contributed by atoms with Crippen molar-refractivity contribution in [2.24, 2.45) is 0 Å².